The van der Waals surface area contributed by atoms with Crippen molar-refractivity contribution in [2.75, 3.05) is 126 Å². The Kier molecular flexibility index (Phi) is 23.1. The highest BCUT2D eigenvalue weighted by Gasteiger charge is 2.49. The summed E-state index contributed by atoms with van der Waals surface area (Å²) in [5.41, 5.74) is -0.00910. The second kappa shape index (κ2) is 31.2. The first-order valence-corrected chi connectivity index (χ1v) is 37.5. The Balaban J connectivity index is 0.668. The van der Waals surface area contributed by atoms with Gasteiger partial charge in [-0.05, 0) is 203 Å². The van der Waals surface area contributed by atoms with Crippen molar-refractivity contribution in [2.24, 2.45) is 11.3 Å². The lowest BCUT2D eigenvalue weighted by molar-refractivity contribution is -0.133. The zero-order chi connectivity index (χ0) is 66.9. The number of alkyl halides is 3. The smallest absolute Gasteiger partial charge is 0.380 e. The molecule has 6 aliphatic rings. The SMILES string of the molecule is C[C@@]1(CN2CCC(CN3CCC(c4ccc(NC5CCC(=O)NC5=O)cc4F)CC3)CC2)CCC(c2ccc(Cl)cc2)=C(CN2CCN(c3ccc(C(=O)NS(=O)(=O)c4ccc(N[C@H](CCN5CCCOCC5)CSc5ccccc5)c(S(=O)(=O)C(F)(F)F)c4)cc3)CC2)C1. The number of piperazine rings is 1. The predicted molar refractivity (Wildman–Crippen MR) is 365 cm³/mol. The molecule has 25 heteroatoms. The molecule has 5 aromatic rings. The maximum absolute atomic E-state index is 15.5. The van der Waals surface area contributed by atoms with E-state index in [0.717, 1.165) is 145 Å². The summed E-state index contributed by atoms with van der Waals surface area (Å²) in [6.45, 7) is 15.4. The van der Waals surface area contributed by atoms with Gasteiger partial charge in [0.1, 0.15) is 16.8 Å². The average Bonchev–Trinajstić information content (AvgIpc) is 0.817. The van der Waals surface area contributed by atoms with Crippen molar-refractivity contribution < 1.29 is 53.5 Å². The Labute approximate surface area is 565 Å². The van der Waals surface area contributed by atoms with Crippen LogP contribution in [-0.4, -0.2) is 182 Å². The van der Waals surface area contributed by atoms with Gasteiger partial charge in [-0.1, -0.05) is 60.5 Å². The van der Waals surface area contributed by atoms with E-state index in [1.54, 1.807) is 12.1 Å². The minimum Gasteiger partial charge on any atom is -0.380 e. The summed E-state index contributed by atoms with van der Waals surface area (Å²) in [6, 6.07) is 30.5. The van der Waals surface area contributed by atoms with Gasteiger partial charge in [-0.15, -0.1) is 11.8 Å². The molecule has 5 heterocycles. The van der Waals surface area contributed by atoms with E-state index in [4.69, 9.17) is 16.3 Å². The summed E-state index contributed by atoms with van der Waals surface area (Å²) in [5, 5.41) is 9.15. The number of sulfone groups is 1. The number of thioether (sulfide) groups is 1. The largest absolute Gasteiger partial charge is 0.501 e. The van der Waals surface area contributed by atoms with Crippen molar-refractivity contribution in [3.05, 3.63) is 148 Å². The van der Waals surface area contributed by atoms with Crippen molar-refractivity contribution in [1.82, 2.24) is 29.6 Å². The number of hydrogen-bond donors (Lipinski definition) is 4. The van der Waals surface area contributed by atoms with Crippen molar-refractivity contribution in [2.45, 2.75) is 116 Å². The molecule has 11 rings (SSSR count). The molecular formula is C70H86ClF4N9O8S3. The molecule has 3 atom stereocenters. The van der Waals surface area contributed by atoms with Gasteiger partial charge in [-0.3, -0.25) is 24.6 Å². The highest BCUT2D eigenvalue weighted by molar-refractivity contribution is 7.99. The topological polar surface area (TPSA) is 193 Å². The van der Waals surface area contributed by atoms with Crippen LogP contribution >= 0.6 is 23.4 Å². The number of carbonyl (C=O) groups excluding carboxylic acids is 3. The van der Waals surface area contributed by atoms with Gasteiger partial charge in [0, 0.05) is 117 Å². The van der Waals surface area contributed by atoms with Crippen molar-refractivity contribution in [1.29, 1.82) is 0 Å². The molecule has 0 aromatic heterocycles. The number of ether oxygens (including phenoxy) is 1. The monoisotopic (exact) mass is 1390 g/mol. The molecule has 1 aliphatic carbocycles. The van der Waals surface area contributed by atoms with E-state index in [0.29, 0.717) is 80.7 Å². The second-order valence-electron chi connectivity index (χ2n) is 26.7. The molecular weight excluding hydrogens is 1300 g/mol. The third kappa shape index (κ3) is 18.4. The lowest BCUT2D eigenvalue weighted by atomic mass is 9.71. The van der Waals surface area contributed by atoms with Crippen LogP contribution in [0.2, 0.25) is 5.02 Å². The number of amides is 3. The number of benzene rings is 5. The van der Waals surface area contributed by atoms with Crippen LogP contribution < -0.4 is 25.6 Å². The van der Waals surface area contributed by atoms with Crippen LogP contribution in [0.25, 0.3) is 5.57 Å². The van der Waals surface area contributed by atoms with E-state index >= 15 is 4.39 Å². The molecule has 1 unspecified atom stereocenters. The molecule has 0 bridgehead atoms. The summed E-state index contributed by atoms with van der Waals surface area (Å²) in [5.74, 6) is -0.870. The maximum atomic E-state index is 15.5. The van der Waals surface area contributed by atoms with Gasteiger partial charge in [0.05, 0.1) is 17.2 Å². The first-order valence-electron chi connectivity index (χ1n) is 33.2. The van der Waals surface area contributed by atoms with E-state index in [1.165, 1.54) is 46.7 Å². The molecule has 5 fully saturated rings. The highest BCUT2D eigenvalue weighted by Crippen LogP contribution is 2.45. The fourth-order valence-electron chi connectivity index (χ4n) is 14.4. The average molecular weight is 1390 g/mol. The lowest BCUT2D eigenvalue weighted by Crippen LogP contribution is -2.48. The molecule has 5 aliphatic heterocycles. The van der Waals surface area contributed by atoms with Crippen LogP contribution in [-0.2, 0) is 34.2 Å². The summed E-state index contributed by atoms with van der Waals surface area (Å²) in [7, 11) is -11.0. The van der Waals surface area contributed by atoms with Crippen LogP contribution in [0.4, 0.5) is 34.6 Å². The zero-order valence-electron chi connectivity index (χ0n) is 53.7. The van der Waals surface area contributed by atoms with Gasteiger partial charge in [0.15, 0.2) is 0 Å². The lowest BCUT2D eigenvalue weighted by Gasteiger charge is -2.44. The Bertz CT molecular complexity index is 3750. The number of halogens is 5. The quantitative estimate of drug-likeness (QED) is 0.0274. The molecule has 512 valence electrons. The number of imide groups is 1. The molecule has 4 N–H and O–H groups in total. The van der Waals surface area contributed by atoms with Gasteiger partial charge in [0.25, 0.3) is 25.8 Å². The predicted octanol–water partition coefficient (Wildman–Crippen LogP) is 11.2. The number of rotatable bonds is 23. The number of hydrogen-bond acceptors (Lipinski definition) is 16. The number of nitrogens with zero attached hydrogens (tertiary/aromatic N) is 5. The summed E-state index contributed by atoms with van der Waals surface area (Å²) in [4.78, 5) is 48.4. The summed E-state index contributed by atoms with van der Waals surface area (Å²) in [6.07, 6.45) is 8.95. The summed E-state index contributed by atoms with van der Waals surface area (Å²) < 4.78 is 120. The molecule has 5 saturated heterocycles. The molecule has 0 spiro atoms. The van der Waals surface area contributed by atoms with Gasteiger partial charge in [-0.25, -0.2) is 25.9 Å². The zero-order valence-corrected chi connectivity index (χ0v) is 56.9. The van der Waals surface area contributed by atoms with E-state index in [2.05, 4.69) is 59.5 Å². The van der Waals surface area contributed by atoms with E-state index in [1.807, 2.05) is 59.3 Å². The number of piperidine rings is 3. The fraction of sp³-hybridized carbons (Fsp3) is 0.500. The van der Waals surface area contributed by atoms with Crippen molar-refractivity contribution >= 4 is 83.6 Å². The van der Waals surface area contributed by atoms with Gasteiger partial charge in [0.2, 0.25) is 11.8 Å². The molecule has 5 aromatic carbocycles. The maximum Gasteiger partial charge on any atom is 0.501 e. The number of allylic oxidation sites excluding steroid dienone is 1. The van der Waals surface area contributed by atoms with Crippen molar-refractivity contribution in [3.8, 4) is 0 Å². The van der Waals surface area contributed by atoms with Crippen molar-refractivity contribution in [3.63, 3.8) is 0 Å². The third-order valence-corrected chi connectivity index (χ3v) is 24.0. The molecule has 0 saturated carbocycles. The number of sulfonamides is 1. The van der Waals surface area contributed by atoms with E-state index < -0.39 is 58.8 Å². The minimum absolute atomic E-state index is 0.0183. The highest BCUT2D eigenvalue weighted by atomic mass is 35.5. The fourth-order valence-corrected chi connectivity index (χ4v) is 17.5. The third-order valence-electron chi connectivity index (χ3n) is 19.7. The van der Waals surface area contributed by atoms with Crippen LogP contribution in [0.5, 0.6) is 0 Å². The normalized spacial score (nSPS) is 21.9. The molecule has 17 nitrogen and oxygen atoms in total. The molecule has 3 amide bonds. The molecule has 95 heavy (non-hydrogen) atoms. The number of likely N-dealkylation sites (tertiary alicyclic amines) is 2. The van der Waals surface area contributed by atoms with E-state index in [9.17, 15) is 44.4 Å². The minimum atomic E-state index is -6.10. The van der Waals surface area contributed by atoms with Gasteiger partial charge < -0.3 is 35.0 Å². The number of carbonyl (C=O) groups is 3. The van der Waals surface area contributed by atoms with Crippen LogP contribution in [0.1, 0.15) is 105 Å². The van der Waals surface area contributed by atoms with Gasteiger partial charge >= 0.3 is 5.51 Å². The first-order chi connectivity index (χ1) is 45.5. The Hall–Kier alpha value is -6.09. The first kappa shape index (κ1) is 70.2. The molecule has 0 radical (unpaired) electrons. The summed E-state index contributed by atoms with van der Waals surface area (Å²) >= 11 is 7.84. The van der Waals surface area contributed by atoms with Crippen LogP contribution in [0, 0.1) is 17.2 Å². The second-order valence-corrected chi connectivity index (χ2v) is 31.8. The number of anilines is 3. The Morgan fingerprint density at radius 3 is 2.21 bits per heavy atom. The van der Waals surface area contributed by atoms with E-state index in [-0.39, 0.29) is 40.9 Å². The van der Waals surface area contributed by atoms with Gasteiger partial charge in [-0.2, -0.15) is 13.2 Å². The van der Waals surface area contributed by atoms with Crippen LogP contribution in [0.3, 0.4) is 0 Å². The Morgan fingerprint density at radius 2 is 1.51 bits per heavy atom. The standard InChI is InChI=1S/C70H86ClF4N9O8S3/c1-69(48-83-30-23-49(24-31-83)45-81-32-25-51(26-33-81)61-18-14-55(42-62(61)72)76-64-20-21-66(85)78-68(64)87)28-22-60(50-8-12-54(71)13-9-50)53(44-69)46-82-35-37-84(38-36-82)57-15-10-52(11-16-57)67(86)79-95(90,91)59-17-19-63(65(43-59)94(88,89)70(73,74)75)77-56(47-93-58-6-3-2-4-7-58)27-34-80-29-5-40-92-41-39-80/h2-4,6-19,42-43,49,51,56,64,76-77H,5,20-41,44-48H2,1H3,(H,79,86)(H,78,85,87)/t56-,64?,69-/m1/s1. The number of nitrogens with one attached hydrogen (secondary N) is 4. The Morgan fingerprint density at radius 1 is 0.779 bits per heavy atom. The van der Waals surface area contributed by atoms with Crippen LogP contribution in [0.15, 0.2) is 136 Å².